The van der Waals surface area contributed by atoms with Crippen molar-refractivity contribution in [2.45, 2.75) is 0 Å². The van der Waals surface area contributed by atoms with E-state index in [0.29, 0.717) is 0 Å². The predicted molar refractivity (Wildman–Crippen MR) is 211 cm³/mol. The van der Waals surface area contributed by atoms with Crippen LogP contribution >= 0.6 is 0 Å². The van der Waals surface area contributed by atoms with Crippen LogP contribution in [0.15, 0.2) is 194 Å². The third-order valence-corrected chi connectivity index (χ3v) is 10.1. The molecule has 0 aliphatic heterocycles. The number of aromatic nitrogens is 2. The number of rotatable bonds is 5. The zero-order valence-electron chi connectivity index (χ0n) is 27.4. The first-order chi connectivity index (χ1) is 24.8. The van der Waals surface area contributed by atoms with Crippen molar-refractivity contribution in [3.8, 4) is 44.8 Å². The molecule has 2 heteroatoms. The van der Waals surface area contributed by atoms with Crippen LogP contribution < -0.4 is 0 Å². The Bertz CT molecular complexity index is 2860. The van der Waals surface area contributed by atoms with E-state index < -0.39 is 0 Å². The van der Waals surface area contributed by atoms with Crippen LogP contribution in [0.2, 0.25) is 0 Å². The van der Waals surface area contributed by atoms with Gasteiger partial charge in [-0.2, -0.15) is 0 Å². The summed E-state index contributed by atoms with van der Waals surface area (Å²) in [5.41, 5.74) is 14.5. The van der Waals surface area contributed by atoms with Crippen molar-refractivity contribution in [2.24, 2.45) is 0 Å². The zero-order valence-corrected chi connectivity index (χ0v) is 27.4. The molecule has 0 saturated carbocycles. The molecule has 50 heavy (non-hydrogen) atoms. The van der Waals surface area contributed by atoms with E-state index in [1.807, 2.05) is 0 Å². The van der Waals surface area contributed by atoms with E-state index in [2.05, 4.69) is 203 Å². The van der Waals surface area contributed by atoms with Crippen LogP contribution in [0.1, 0.15) is 0 Å². The van der Waals surface area contributed by atoms with E-state index in [1.54, 1.807) is 0 Å². The van der Waals surface area contributed by atoms with Gasteiger partial charge in [0.2, 0.25) is 0 Å². The van der Waals surface area contributed by atoms with Crippen LogP contribution in [0, 0.1) is 0 Å². The summed E-state index contributed by atoms with van der Waals surface area (Å²) in [6, 6.07) is 70.3. The number of hydrogen-bond acceptors (Lipinski definition) is 0. The lowest BCUT2D eigenvalue weighted by Gasteiger charge is -2.14. The molecule has 2 aromatic heterocycles. The summed E-state index contributed by atoms with van der Waals surface area (Å²) in [5.74, 6) is 0. The maximum Gasteiger partial charge on any atom is 0.0547 e. The topological polar surface area (TPSA) is 9.86 Å². The molecule has 0 spiro atoms. The summed E-state index contributed by atoms with van der Waals surface area (Å²) in [6.07, 6.45) is 0. The second kappa shape index (κ2) is 11.5. The Morgan fingerprint density at radius 2 is 0.840 bits per heavy atom. The molecule has 0 bridgehead atoms. The van der Waals surface area contributed by atoms with Crippen molar-refractivity contribution >= 4 is 43.6 Å². The van der Waals surface area contributed by atoms with Crippen molar-refractivity contribution in [3.63, 3.8) is 0 Å². The van der Waals surface area contributed by atoms with E-state index in [9.17, 15) is 0 Å². The van der Waals surface area contributed by atoms with Gasteiger partial charge in [0.05, 0.1) is 27.8 Å². The van der Waals surface area contributed by atoms with Crippen molar-refractivity contribution in [1.29, 1.82) is 0 Å². The average Bonchev–Trinajstić information content (AvgIpc) is 3.71. The SMILES string of the molecule is c1ccc(-c2cccc(-c3cccc4c3c3ccccc3n4-c3ccc4c(c3)c3ccccc3n4-c3ccccc3-c3ccccc3)c2)cc1. The van der Waals surface area contributed by atoms with E-state index in [-0.39, 0.29) is 0 Å². The molecule has 2 nitrogen and oxygen atoms in total. The van der Waals surface area contributed by atoms with Crippen molar-refractivity contribution < 1.29 is 0 Å². The third kappa shape index (κ3) is 4.43. The first-order valence-electron chi connectivity index (χ1n) is 17.2. The molecule has 0 amide bonds. The first-order valence-corrected chi connectivity index (χ1v) is 17.2. The number of fused-ring (bicyclic) bond motifs is 6. The van der Waals surface area contributed by atoms with Crippen LogP contribution in [0.3, 0.4) is 0 Å². The number of para-hydroxylation sites is 3. The fourth-order valence-corrected chi connectivity index (χ4v) is 7.92. The van der Waals surface area contributed by atoms with Crippen LogP contribution in [0.4, 0.5) is 0 Å². The summed E-state index contributed by atoms with van der Waals surface area (Å²) in [7, 11) is 0. The lowest BCUT2D eigenvalue weighted by atomic mass is 9.96. The van der Waals surface area contributed by atoms with Gasteiger partial charge in [-0.05, 0) is 76.3 Å². The molecule has 0 radical (unpaired) electrons. The average molecular weight is 637 g/mol. The van der Waals surface area contributed by atoms with Gasteiger partial charge in [0.1, 0.15) is 0 Å². The van der Waals surface area contributed by atoms with Crippen LogP contribution in [0.5, 0.6) is 0 Å². The highest BCUT2D eigenvalue weighted by Crippen LogP contribution is 2.41. The number of benzene rings is 8. The summed E-state index contributed by atoms with van der Waals surface area (Å²) < 4.78 is 4.87. The molecular formula is C48H32N2. The molecule has 0 N–H and O–H groups in total. The van der Waals surface area contributed by atoms with Gasteiger partial charge in [-0.25, -0.2) is 0 Å². The maximum atomic E-state index is 2.44. The lowest BCUT2D eigenvalue weighted by Crippen LogP contribution is -1.98. The Kier molecular flexibility index (Phi) is 6.53. The van der Waals surface area contributed by atoms with Gasteiger partial charge in [-0.15, -0.1) is 0 Å². The molecule has 0 fully saturated rings. The smallest absolute Gasteiger partial charge is 0.0547 e. The Morgan fingerprint density at radius 3 is 1.66 bits per heavy atom. The van der Waals surface area contributed by atoms with Crippen molar-refractivity contribution in [2.75, 3.05) is 0 Å². The van der Waals surface area contributed by atoms with Gasteiger partial charge in [-0.1, -0.05) is 146 Å². The van der Waals surface area contributed by atoms with E-state index in [4.69, 9.17) is 0 Å². The predicted octanol–water partition coefficient (Wildman–Crippen LogP) is 12.9. The molecule has 0 saturated heterocycles. The maximum absolute atomic E-state index is 2.44. The highest BCUT2D eigenvalue weighted by molar-refractivity contribution is 6.16. The molecule has 2 heterocycles. The summed E-state index contributed by atoms with van der Waals surface area (Å²) in [5, 5.41) is 5.00. The quantitative estimate of drug-likeness (QED) is 0.178. The molecule has 0 atom stereocenters. The van der Waals surface area contributed by atoms with Gasteiger partial charge in [0, 0.05) is 32.8 Å². The number of nitrogens with zero attached hydrogens (tertiary/aromatic N) is 2. The highest BCUT2D eigenvalue weighted by Gasteiger charge is 2.19. The molecule has 8 aromatic carbocycles. The van der Waals surface area contributed by atoms with E-state index in [1.165, 1.54) is 82.7 Å². The van der Waals surface area contributed by atoms with Crippen molar-refractivity contribution in [3.05, 3.63) is 194 Å². The Hall–Kier alpha value is -6.64. The standard InChI is InChI=1S/C48H32N2/c1-3-15-33(16-4-1)35-19-13-20-36(31-35)39-24-14-28-47-48(39)41-23-9-12-27-45(41)49(47)37-29-30-46-42(32-37)40-22-8-11-26-44(40)50(46)43-25-10-7-21-38(43)34-17-5-2-6-18-34/h1-32H. The van der Waals surface area contributed by atoms with Crippen LogP contribution in [-0.2, 0) is 0 Å². The van der Waals surface area contributed by atoms with Crippen molar-refractivity contribution in [1.82, 2.24) is 9.13 Å². The normalized spacial score (nSPS) is 11.6. The minimum absolute atomic E-state index is 1.15. The van der Waals surface area contributed by atoms with Crippen LogP contribution in [0.25, 0.3) is 88.4 Å². The molecule has 10 aromatic rings. The fourth-order valence-electron chi connectivity index (χ4n) is 7.92. The van der Waals surface area contributed by atoms with E-state index >= 15 is 0 Å². The first kappa shape index (κ1) is 28.4. The molecule has 0 aliphatic rings. The second-order valence-electron chi connectivity index (χ2n) is 12.9. The Balaban J connectivity index is 1.20. The minimum atomic E-state index is 1.15. The summed E-state index contributed by atoms with van der Waals surface area (Å²) in [4.78, 5) is 0. The third-order valence-electron chi connectivity index (χ3n) is 10.1. The van der Waals surface area contributed by atoms with Crippen LogP contribution in [-0.4, -0.2) is 9.13 Å². The van der Waals surface area contributed by atoms with Gasteiger partial charge in [0.15, 0.2) is 0 Å². The minimum Gasteiger partial charge on any atom is -0.309 e. The molecule has 234 valence electrons. The largest absolute Gasteiger partial charge is 0.309 e. The second-order valence-corrected chi connectivity index (χ2v) is 12.9. The summed E-state index contributed by atoms with van der Waals surface area (Å²) in [6.45, 7) is 0. The zero-order chi connectivity index (χ0) is 33.0. The summed E-state index contributed by atoms with van der Waals surface area (Å²) >= 11 is 0. The molecular weight excluding hydrogens is 605 g/mol. The van der Waals surface area contributed by atoms with Gasteiger partial charge >= 0.3 is 0 Å². The number of hydrogen-bond donors (Lipinski definition) is 0. The highest BCUT2D eigenvalue weighted by atomic mass is 15.0. The molecule has 10 rings (SSSR count). The fraction of sp³-hybridized carbons (Fsp3) is 0. The Morgan fingerprint density at radius 1 is 0.280 bits per heavy atom. The van der Waals surface area contributed by atoms with E-state index in [0.717, 1.165) is 5.69 Å². The Labute approximate surface area is 290 Å². The van der Waals surface area contributed by atoms with Gasteiger partial charge in [0.25, 0.3) is 0 Å². The molecule has 0 aliphatic carbocycles. The molecule has 0 unspecified atom stereocenters. The monoisotopic (exact) mass is 636 g/mol. The van der Waals surface area contributed by atoms with Gasteiger partial charge in [-0.3, -0.25) is 0 Å². The van der Waals surface area contributed by atoms with Gasteiger partial charge < -0.3 is 9.13 Å². The lowest BCUT2D eigenvalue weighted by molar-refractivity contribution is 1.17.